The molecular weight excluding hydrogens is 160 g/mol. The van der Waals surface area contributed by atoms with E-state index in [1.54, 1.807) is 0 Å². The number of hydrogen-bond donors (Lipinski definition) is 0. The second kappa shape index (κ2) is 4.65. The predicted molar refractivity (Wildman–Crippen MR) is 57.2 cm³/mol. The van der Waals surface area contributed by atoms with Crippen LogP contribution in [0, 0.1) is 0 Å². The normalized spacial score (nSPS) is 12.8. The Hall–Kier alpha value is -1.31. The topological polar surface area (TPSA) is 17.8 Å². The molecule has 2 heteroatoms. The van der Waals surface area contributed by atoms with Gasteiger partial charge in [-0.25, -0.2) is 0 Å². The van der Waals surface area contributed by atoms with Crippen molar-refractivity contribution in [2.45, 2.75) is 20.3 Å². The molecule has 0 aromatic carbocycles. The van der Waals surface area contributed by atoms with Gasteiger partial charge in [0.15, 0.2) is 0 Å². The van der Waals surface area contributed by atoms with Crippen molar-refractivity contribution in [1.29, 1.82) is 0 Å². The van der Waals surface area contributed by atoms with E-state index in [4.69, 9.17) is 0 Å². The van der Waals surface area contributed by atoms with Crippen molar-refractivity contribution in [2.24, 2.45) is 7.05 Å². The van der Waals surface area contributed by atoms with Crippen LogP contribution in [-0.2, 0) is 7.05 Å². The maximum absolute atomic E-state index is 4.29. The summed E-state index contributed by atoms with van der Waals surface area (Å²) in [5, 5.41) is 4.29. The van der Waals surface area contributed by atoms with E-state index in [-0.39, 0.29) is 0 Å². The first kappa shape index (κ1) is 9.78. The van der Waals surface area contributed by atoms with Crippen LogP contribution in [0.25, 0.3) is 12.2 Å². The molecule has 0 unspecified atom stereocenters. The average Bonchev–Trinajstić information content (AvgIpc) is 2.36. The molecule has 0 saturated carbocycles. The van der Waals surface area contributed by atoms with Crippen molar-refractivity contribution in [3.8, 4) is 0 Å². The molecule has 1 heterocycles. The lowest BCUT2D eigenvalue weighted by atomic mass is 10.2. The Morgan fingerprint density at radius 3 is 2.69 bits per heavy atom. The molecule has 2 rings (SSSR count). The van der Waals surface area contributed by atoms with Crippen LogP contribution in [0.5, 0.6) is 0 Å². The minimum atomic E-state index is 1.01. The van der Waals surface area contributed by atoms with E-state index in [0.29, 0.717) is 0 Å². The molecule has 0 N–H and O–H groups in total. The van der Waals surface area contributed by atoms with Gasteiger partial charge in [-0.15, -0.1) is 0 Å². The molecular formula is C11H16N2. The van der Waals surface area contributed by atoms with Crippen molar-refractivity contribution in [2.75, 3.05) is 0 Å². The fourth-order valence-corrected chi connectivity index (χ4v) is 1.24. The number of rotatable bonds is 0. The smallest absolute Gasteiger partial charge is 0.0920 e. The molecule has 0 atom stereocenters. The van der Waals surface area contributed by atoms with Gasteiger partial charge in [0.1, 0.15) is 0 Å². The van der Waals surface area contributed by atoms with Crippen molar-refractivity contribution in [3.63, 3.8) is 0 Å². The Morgan fingerprint density at radius 1 is 1.23 bits per heavy atom. The summed E-state index contributed by atoms with van der Waals surface area (Å²) < 4.78 is 1.84. The Bertz CT molecular complexity index is 289. The Morgan fingerprint density at radius 2 is 1.92 bits per heavy atom. The first-order chi connectivity index (χ1) is 6.36. The number of nitrogens with zero attached hydrogens (tertiary/aromatic N) is 2. The summed E-state index contributed by atoms with van der Waals surface area (Å²) in [4.78, 5) is 0. The first-order valence-electron chi connectivity index (χ1n) is 4.73. The van der Waals surface area contributed by atoms with Gasteiger partial charge in [0, 0.05) is 18.8 Å². The SMILES string of the molecule is CC.Cn1cc2c(n1)C=CCC=C2. The van der Waals surface area contributed by atoms with Gasteiger partial charge in [0.2, 0.25) is 0 Å². The molecule has 0 amide bonds. The number of hydrogen-bond acceptors (Lipinski definition) is 1. The summed E-state index contributed by atoms with van der Waals surface area (Å²) in [6, 6.07) is 0. The van der Waals surface area contributed by atoms with E-state index >= 15 is 0 Å². The van der Waals surface area contributed by atoms with Crippen LogP contribution in [0.4, 0.5) is 0 Å². The zero-order chi connectivity index (χ0) is 9.68. The van der Waals surface area contributed by atoms with Gasteiger partial charge in [-0.05, 0) is 12.5 Å². The standard InChI is InChI=1S/C9H10N2.C2H6/c1-11-7-8-5-3-2-4-6-9(8)10-11;1-2/h3-7H,2H2,1H3;1-2H3. The average molecular weight is 176 g/mol. The van der Waals surface area contributed by atoms with E-state index in [1.807, 2.05) is 31.8 Å². The highest BCUT2D eigenvalue weighted by atomic mass is 15.2. The predicted octanol–water partition coefficient (Wildman–Crippen LogP) is 2.88. The molecule has 70 valence electrons. The van der Waals surface area contributed by atoms with Crippen molar-refractivity contribution in [3.05, 3.63) is 29.6 Å². The van der Waals surface area contributed by atoms with Gasteiger partial charge in [-0.3, -0.25) is 4.68 Å². The molecule has 1 aromatic heterocycles. The van der Waals surface area contributed by atoms with Crippen LogP contribution in [0.3, 0.4) is 0 Å². The third-order valence-corrected chi connectivity index (χ3v) is 1.73. The molecule has 0 bridgehead atoms. The second-order valence-corrected chi connectivity index (χ2v) is 2.68. The molecule has 0 saturated heterocycles. The quantitative estimate of drug-likeness (QED) is 0.594. The molecule has 0 radical (unpaired) electrons. The van der Waals surface area contributed by atoms with Crippen molar-refractivity contribution in [1.82, 2.24) is 9.78 Å². The van der Waals surface area contributed by atoms with Crippen LogP contribution in [-0.4, -0.2) is 9.78 Å². The van der Waals surface area contributed by atoms with E-state index in [2.05, 4.69) is 29.4 Å². The molecule has 13 heavy (non-hydrogen) atoms. The molecule has 1 aromatic rings. The Labute approximate surface area is 79.6 Å². The van der Waals surface area contributed by atoms with Crippen LogP contribution in [0.2, 0.25) is 0 Å². The lowest BCUT2D eigenvalue weighted by molar-refractivity contribution is 0.764. The Balaban J connectivity index is 0.000000396. The van der Waals surface area contributed by atoms with E-state index in [1.165, 1.54) is 5.56 Å². The largest absolute Gasteiger partial charge is 0.275 e. The summed E-state index contributed by atoms with van der Waals surface area (Å²) >= 11 is 0. The highest BCUT2D eigenvalue weighted by molar-refractivity contribution is 5.63. The summed E-state index contributed by atoms with van der Waals surface area (Å²) in [7, 11) is 1.94. The molecule has 0 aliphatic heterocycles. The lowest BCUT2D eigenvalue weighted by Crippen LogP contribution is -1.86. The van der Waals surface area contributed by atoms with Gasteiger partial charge < -0.3 is 0 Å². The lowest BCUT2D eigenvalue weighted by Gasteiger charge is -1.83. The van der Waals surface area contributed by atoms with Crippen molar-refractivity contribution >= 4 is 12.2 Å². The third-order valence-electron chi connectivity index (χ3n) is 1.73. The van der Waals surface area contributed by atoms with Gasteiger partial charge in [0.25, 0.3) is 0 Å². The monoisotopic (exact) mass is 176 g/mol. The van der Waals surface area contributed by atoms with Crippen LogP contribution < -0.4 is 0 Å². The maximum atomic E-state index is 4.29. The Kier molecular flexibility index (Phi) is 3.50. The zero-order valence-corrected chi connectivity index (χ0v) is 8.49. The summed E-state index contributed by atoms with van der Waals surface area (Å²) in [6.45, 7) is 4.00. The fourth-order valence-electron chi connectivity index (χ4n) is 1.24. The summed E-state index contributed by atoms with van der Waals surface area (Å²) in [5.41, 5.74) is 2.28. The van der Waals surface area contributed by atoms with Gasteiger partial charge in [-0.1, -0.05) is 32.1 Å². The van der Waals surface area contributed by atoms with E-state index < -0.39 is 0 Å². The van der Waals surface area contributed by atoms with Gasteiger partial charge in [-0.2, -0.15) is 5.10 Å². The van der Waals surface area contributed by atoms with E-state index in [9.17, 15) is 0 Å². The minimum absolute atomic E-state index is 1.01. The van der Waals surface area contributed by atoms with Gasteiger partial charge >= 0.3 is 0 Å². The van der Waals surface area contributed by atoms with Crippen LogP contribution >= 0.6 is 0 Å². The van der Waals surface area contributed by atoms with E-state index in [0.717, 1.165) is 12.1 Å². The summed E-state index contributed by atoms with van der Waals surface area (Å²) in [6.07, 6.45) is 11.5. The fraction of sp³-hybridized carbons (Fsp3) is 0.364. The first-order valence-corrected chi connectivity index (χ1v) is 4.73. The zero-order valence-electron chi connectivity index (χ0n) is 8.49. The molecule has 2 nitrogen and oxygen atoms in total. The number of aromatic nitrogens is 2. The van der Waals surface area contributed by atoms with Crippen molar-refractivity contribution < 1.29 is 0 Å². The second-order valence-electron chi connectivity index (χ2n) is 2.68. The minimum Gasteiger partial charge on any atom is -0.275 e. The highest BCUT2D eigenvalue weighted by Gasteiger charge is 2.01. The summed E-state index contributed by atoms with van der Waals surface area (Å²) in [5.74, 6) is 0. The molecule has 1 aliphatic carbocycles. The number of allylic oxidation sites excluding steroid dienone is 2. The molecule has 0 fully saturated rings. The highest BCUT2D eigenvalue weighted by Crippen LogP contribution is 2.14. The third kappa shape index (κ3) is 2.31. The molecule has 0 spiro atoms. The number of aryl methyl sites for hydroxylation is 1. The maximum Gasteiger partial charge on any atom is 0.0920 e. The van der Waals surface area contributed by atoms with Crippen LogP contribution in [0.15, 0.2) is 18.3 Å². The van der Waals surface area contributed by atoms with Crippen LogP contribution in [0.1, 0.15) is 31.5 Å². The number of fused-ring (bicyclic) bond motifs is 1. The van der Waals surface area contributed by atoms with Gasteiger partial charge in [0.05, 0.1) is 5.69 Å². The molecule has 1 aliphatic rings.